The molecule has 6 nitrogen and oxygen atoms in total. The minimum Gasteiger partial charge on any atom is -0.508 e. The summed E-state index contributed by atoms with van der Waals surface area (Å²) in [6.07, 6.45) is 4.29. The maximum absolute atomic E-state index is 12.9. The van der Waals surface area contributed by atoms with Crippen LogP contribution in [-0.4, -0.2) is 33.7 Å². The lowest BCUT2D eigenvalue weighted by Gasteiger charge is -2.23. The van der Waals surface area contributed by atoms with Gasteiger partial charge in [0.25, 0.3) is 5.91 Å². The fourth-order valence-corrected chi connectivity index (χ4v) is 2.85. The van der Waals surface area contributed by atoms with Crippen molar-refractivity contribution in [3.8, 4) is 11.5 Å². The summed E-state index contributed by atoms with van der Waals surface area (Å²) in [4.78, 5) is 25.1. The molecule has 0 aromatic heterocycles. The maximum Gasteiger partial charge on any atom is 0.303 e. The fraction of sp³-hybridized carbons (Fsp3) is 0.333. The lowest BCUT2D eigenvalue weighted by Crippen LogP contribution is -2.31. The number of carbonyl (C=O) groups is 2. The molecular formula is C21H25NO5. The summed E-state index contributed by atoms with van der Waals surface area (Å²) in [6.45, 7) is 0.498. The van der Waals surface area contributed by atoms with E-state index >= 15 is 0 Å². The van der Waals surface area contributed by atoms with E-state index in [1.807, 2.05) is 0 Å². The van der Waals surface area contributed by atoms with Gasteiger partial charge in [-0.2, -0.15) is 0 Å². The maximum atomic E-state index is 12.9. The molecule has 0 atom stereocenters. The van der Waals surface area contributed by atoms with E-state index in [9.17, 15) is 19.8 Å². The summed E-state index contributed by atoms with van der Waals surface area (Å²) in [5.74, 6) is -0.834. The number of anilines is 1. The van der Waals surface area contributed by atoms with Gasteiger partial charge in [-0.25, -0.2) is 0 Å². The number of phenolic OH excluding ortho intramolecular Hbond substituents is 2. The van der Waals surface area contributed by atoms with Crippen LogP contribution in [0.3, 0.4) is 0 Å². The molecule has 1 amide bonds. The molecule has 2 aromatic rings. The molecule has 2 rings (SSSR count). The smallest absolute Gasteiger partial charge is 0.303 e. The van der Waals surface area contributed by atoms with Crippen LogP contribution in [-0.2, 0) is 4.79 Å². The molecule has 0 bridgehead atoms. The summed E-state index contributed by atoms with van der Waals surface area (Å²) in [6, 6.07) is 12.7. The highest BCUT2D eigenvalue weighted by molar-refractivity contribution is 6.06. The number of carboxylic acid groups (broad SMARTS) is 1. The first-order chi connectivity index (χ1) is 13.0. The number of hydrogen-bond donors (Lipinski definition) is 3. The van der Waals surface area contributed by atoms with Gasteiger partial charge < -0.3 is 20.2 Å². The van der Waals surface area contributed by atoms with Crippen LogP contribution in [0.5, 0.6) is 11.5 Å². The highest BCUT2D eigenvalue weighted by atomic mass is 16.4. The van der Waals surface area contributed by atoms with Crippen molar-refractivity contribution in [1.82, 2.24) is 0 Å². The molecule has 0 fully saturated rings. The van der Waals surface area contributed by atoms with Crippen LogP contribution in [0.25, 0.3) is 0 Å². The van der Waals surface area contributed by atoms with E-state index < -0.39 is 5.97 Å². The van der Waals surface area contributed by atoms with Gasteiger partial charge in [0.05, 0.1) is 0 Å². The first kappa shape index (κ1) is 20.3. The average Bonchev–Trinajstić information content (AvgIpc) is 2.64. The number of aliphatic carboxylic acids is 1. The first-order valence-corrected chi connectivity index (χ1v) is 9.09. The van der Waals surface area contributed by atoms with Gasteiger partial charge >= 0.3 is 5.97 Å². The molecule has 0 saturated heterocycles. The van der Waals surface area contributed by atoms with Gasteiger partial charge in [-0.15, -0.1) is 0 Å². The van der Waals surface area contributed by atoms with E-state index in [4.69, 9.17) is 5.11 Å². The molecule has 0 aliphatic heterocycles. The Morgan fingerprint density at radius 2 is 1.48 bits per heavy atom. The normalized spacial score (nSPS) is 10.5. The zero-order chi connectivity index (χ0) is 19.6. The van der Waals surface area contributed by atoms with Gasteiger partial charge in [0, 0.05) is 24.2 Å². The van der Waals surface area contributed by atoms with Crippen molar-refractivity contribution in [2.75, 3.05) is 11.4 Å². The predicted molar refractivity (Wildman–Crippen MR) is 103 cm³/mol. The SMILES string of the molecule is O=C(O)CCCCCCCN(C(=O)c1cccc(O)c1)c1ccc(O)cc1. The Morgan fingerprint density at radius 1 is 0.815 bits per heavy atom. The largest absolute Gasteiger partial charge is 0.508 e. The molecule has 0 heterocycles. The molecule has 2 aromatic carbocycles. The summed E-state index contributed by atoms with van der Waals surface area (Å²) in [5.41, 5.74) is 1.07. The third kappa shape index (κ3) is 6.66. The number of amides is 1. The molecule has 27 heavy (non-hydrogen) atoms. The Hall–Kier alpha value is -3.02. The van der Waals surface area contributed by atoms with Crippen LogP contribution in [0.2, 0.25) is 0 Å². The topological polar surface area (TPSA) is 98.1 Å². The van der Waals surface area contributed by atoms with Crippen molar-refractivity contribution in [1.29, 1.82) is 0 Å². The van der Waals surface area contributed by atoms with E-state index in [0.29, 0.717) is 24.2 Å². The van der Waals surface area contributed by atoms with E-state index in [1.54, 1.807) is 29.2 Å². The molecule has 0 aliphatic carbocycles. The van der Waals surface area contributed by atoms with Gasteiger partial charge in [-0.3, -0.25) is 9.59 Å². The first-order valence-electron chi connectivity index (χ1n) is 9.09. The second kappa shape index (κ2) is 10.2. The minimum atomic E-state index is -0.773. The number of aromatic hydroxyl groups is 2. The number of benzene rings is 2. The number of rotatable bonds is 10. The number of carbonyl (C=O) groups excluding carboxylic acids is 1. The highest BCUT2D eigenvalue weighted by Gasteiger charge is 2.18. The molecule has 3 N–H and O–H groups in total. The number of hydrogen-bond acceptors (Lipinski definition) is 4. The highest BCUT2D eigenvalue weighted by Crippen LogP contribution is 2.23. The van der Waals surface area contributed by atoms with Gasteiger partial charge in [0.1, 0.15) is 11.5 Å². The van der Waals surface area contributed by atoms with Crippen LogP contribution in [0.1, 0.15) is 48.9 Å². The van der Waals surface area contributed by atoms with Crippen molar-refractivity contribution >= 4 is 17.6 Å². The number of unbranched alkanes of at least 4 members (excludes halogenated alkanes) is 4. The molecule has 0 aliphatic rings. The van der Waals surface area contributed by atoms with Gasteiger partial charge in [-0.05, 0) is 55.3 Å². The third-order valence-electron chi connectivity index (χ3n) is 4.27. The second-order valence-corrected chi connectivity index (χ2v) is 6.44. The zero-order valence-electron chi connectivity index (χ0n) is 15.2. The van der Waals surface area contributed by atoms with E-state index in [2.05, 4.69) is 0 Å². The zero-order valence-corrected chi connectivity index (χ0v) is 15.2. The number of carboxylic acids is 1. The van der Waals surface area contributed by atoms with Crippen molar-refractivity contribution in [3.05, 3.63) is 54.1 Å². The van der Waals surface area contributed by atoms with Crippen molar-refractivity contribution in [2.45, 2.75) is 38.5 Å². The minimum absolute atomic E-state index is 0.0323. The van der Waals surface area contributed by atoms with Gasteiger partial charge in [0.15, 0.2) is 0 Å². The van der Waals surface area contributed by atoms with Crippen molar-refractivity contribution < 1.29 is 24.9 Å². The van der Waals surface area contributed by atoms with Crippen LogP contribution < -0.4 is 4.90 Å². The monoisotopic (exact) mass is 371 g/mol. The van der Waals surface area contributed by atoms with Crippen LogP contribution >= 0.6 is 0 Å². The lowest BCUT2D eigenvalue weighted by molar-refractivity contribution is -0.137. The Morgan fingerprint density at radius 3 is 2.15 bits per heavy atom. The Labute approximate surface area is 158 Å². The third-order valence-corrected chi connectivity index (χ3v) is 4.27. The second-order valence-electron chi connectivity index (χ2n) is 6.44. The Bertz CT molecular complexity index is 757. The molecule has 144 valence electrons. The summed E-state index contributed by atoms with van der Waals surface area (Å²) >= 11 is 0. The molecule has 6 heteroatoms. The van der Waals surface area contributed by atoms with E-state index in [0.717, 1.165) is 25.7 Å². The van der Waals surface area contributed by atoms with E-state index in [-0.39, 0.29) is 23.8 Å². The summed E-state index contributed by atoms with van der Waals surface area (Å²) in [5, 5.41) is 27.8. The lowest BCUT2D eigenvalue weighted by atomic mass is 10.1. The Balaban J connectivity index is 1.99. The molecule has 0 unspecified atom stereocenters. The number of phenols is 2. The summed E-state index contributed by atoms with van der Waals surface area (Å²) < 4.78 is 0. The molecule has 0 radical (unpaired) electrons. The molecule has 0 spiro atoms. The van der Waals surface area contributed by atoms with Crippen LogP contribution in [0, 0.1) is 0 Å². The molecular weight excluding hydrogens is 346 g/mol. The molecule has 0 saturated carbocycles. The predicted octanol–water partition coefficient (Wildman–Crippen LogP) is 4.17. The van der Waals surface area contributed by atoms with Crippen LogP contribution in [0.4, 0.5) is 5.69 Å². The van der Waals surface area contributed by atoms with Gasteiger partial charge in [-0.1, -0.05) is 25.3 Å². The van der Waals surface area contributed by atoms with Crippen molar-refractivity contribution in [3.63, 3.8) is 0 Å². The van der Waals surface area contributed by atoms with E-state index in [1.165, 1.54) is 24.3 Å². The van der Waals surface area contributed by atoms with Crippen molar-refractivity contribution in [2.24, 2.45) is 0 Å². The fourth-order valence-electron chi connectivity index (χ4n) is 2.85. The quantitative estimate of drug-likeness (QED) is 0.545. The Kier molecular flexibility index (Phi) is 7.67. The standard InChI is InChI=1S/C21H25NO5/c23-18-12-10-17(11-13-18)22(14-5-3-1-2-4-9-20(25)26)21(27)16-7-6-8-19(24)15-16/h6-8,10-13,15,23-24H,1-5,9,14H2,(H,25,26). The van der Waals surface area contributed by atoms with Crippen LogP contribution in [0.15, 0.2) is 48.5 Å². The number of nitrogens with zero attached hydrogens (tertiary/aromatic N) is 1. The average molecular weight is 371 g/mol. The summed E-state index contributed by atoms with van der Waals surface area (Å²) in [7, 11) is 0. The van der Waals surface area contributed by atoms with Gasteiger partial charge in [0.2, 0.25) is 0 Å².